The maximum atomic E-state index is 12.1. The van der Waals surface area contributed by atoms with Crippen molar-refractivity contribution >= 4 is 17.6 Å². The molecule has 2 rings (SSSR count). The van der Waals surface area contributed by atoms with Crippen LogP contribution in [-0.2, 0) is 9.53 Å². The van der Waals surface area contributed by atoms with E-state index >= 15 is 0 Å². The molecular formula is C18H18N2O5. The number of carbonyl (C=O) groups excluding carboxylic acids is 2. The van der Waals surface area contributed by atoms with Gasteiger partial charge in [0.1, 0.15) is 0 Å². The van der Waals surface area contributed by atoms with Crippen LogP contribution in [0.3, 0.4) is 0 Å². The summed E-state index contributed by atoms with van der Waals surface area (Å²) in [5.41, 5.74) is 1.03. The van der Waals surface area contributed by atoms with Crippen LogP contribution in [0.15, 0.2) is 48.5 Å². The molecule has 1 atom stereocenters. The highest BCUT2D eigenvalue weighted by Gasteiger charge is 2.20. The smallest absolute Gasteiger partial charge is 0.339 e. The molecule has 1 N–H and O–H groups in total. The van der Waals surface area contributed by atoms with E-state index in [4.69, 9.17) is 4.74 Å². The first-order chi connectivity index (χ1) is 11.9. The van der Waals surface area contributed by atoms with Crippen molar-refractivity contribution in [1.29, 1.82) is 0 Å². The van der Waals surface area contributed by atoms with E-state index < -0.39 is 23.4 Å². The van der Waals surface area contributed by atoms with Crippen molar-refractivity contribution in [1.82, 2.24) is 5.32 Å². The lowest BCUT2D eigenvalue weighted by atomic mass is 10.1. The Morgan fingerprint density at radius 1 is 1.16 bits per heavy atom. The van der Waals surface area contributed by atoms with Crippen LogP contribution in [-0.4, -0.2) is 23.4 Å². The maximum absolute atomic E-state index is 12.1. The summed E-state index contributed by atoms with van der Waals surface area (Å²) in [6.07, 6.45) is 0. The van der Waals surface area contributed by atoms with Crippen molar-refractivity contribution in [2.45, 2.75) is 19.9 Å². The normalized spacial score (nSPS) is 11.4. The van der Waals surface area contributed by atoms with Gasteiger partial charge in [0, 0.05) is 11.6 Å². The van der Waals surface area contributed by atoms with Crippen molar-refractivity contribution in [2.75, 3.05) is 6.61 Å². The molecule has 0 aromatic heterocycles. The summed E-state index contributed by atoms with van der Waals surface area (Å²) >= 11 is 0. The summed E-state index contributed by atoms with van der Waals surface area (Å²) in [7, 11) is 0. The number of hydrogen-bond acceptors (Lipinski definition) is 5. The fourth-order valence-corrected chi connectivity index (χ4v) is 2.36. The molecule has 0 aliphatic heterocycles. The zero-order valence-corrected chi connectivity index (χ0v) is 13.9. The van der Waals surface area contributed by atoms with Gasteiger partial charge >= 0.3 is 5.97 Å². The van der Waals surface area contributed by atoms with Crippen LogP contribution in [0.2, 0.25) is 0 Å². The van der Waals surface area contributed by atoms with Gasteiger partial charge in [0.25, 0.3) is 11.6 Å². The highest BCUT2D eigenvalue weighted by molar-refractivity contribution is 5.93. The average molecular weight is 342 g/mol. The van der Waals surface area contributed by atoms with Crippen LogP contribution in [0.5, 0.6) is 0 Å². The number of benzene rings is 2. The van der Waals surface area contributed by atoms with E-state index in [0.29, 0.717) is 0 Å². The van der Waals surface area contributed by atoms with Gasteiger partial charge in [-0.1, -0.05) is 36.4 Å². The Kier molecular flexibility index (Phi) is 5.84. The van der Waals surface area contributed by atoms with Gasteiger partial charge in [-0.2, -0.15) is 0 Å². The number of amides is 1. The Bertz CT molecular complexity index is 789. The van der Waals surface area contributed by atoms with Crippen LogP contribution in [0.4, 0.5) is 5.69 Å². The molecule has 7 nitrogen and oxygen atoms in total. The molecule has 0 fully saturated rings. The highest BCUT2D eigenvalue weighted by Crippen LogP contribution is 2.21. The Hall–Kier alpha value is -3.22. The molecule has 0 saturated carbocycles. The quantitative estimate of drug-likeness (QED) is 0.494. The molecule has 0 saturated heterocycles. The van der Waals surface area contributed by atoms with E-state index in [9.17, 15) is 19.7 Å². The molecule has 0 aliphatic carbocycles. The first-order valence-electron chi connectivity index (χ1n) is 7.65. The number of rotatable bonds is 6. The lowest BCUT2D eigenvalue weighted by Gasteiger charge is -2.14. The topological polar surface area (TPSA) is 98.5 Å². The summed E-state index contributed by atoms with van der Waals surface area (Å²) in [4.78, 5) is 34.3. The Balaban J connectivity index is 1.95. The van der Waals surface area contributed by atoms with Gasteiger partial charge in [0.05, 0.1) is 16.5 Å². The van der Waals surface area contributed by atoms with Crippen molar-refractivity contribution in [3.05, 3.63) is 75.3 Å². The number of nitrogens with one attached hydrogen (secondary N) is 1. The monoisotopic (exact) mass is 342 g/mol. The van der Waals surface area contributed by atoms with Gasteiger partial charge in [-0.05, 0) is 25.5 Å². The van der Waals surface area contributed by atoms with E-state index in [1.165, 1.54) is 25.1 Å². The van der Waals surface area contributed by atoms with E-state index in [2.05, 4.69) is 5.32 Å². The van der Waals surface area contributed by atoms with Crippen LogP contribution < -0.4 is 5.32 Å². The molecule has 0 radical (unpaired) electrons. The molecule has 1 amide bonds. The van der Waals surface area contributed by atoms with E-state index in [-0.39, 0.29) is 22.9 Å². The van der Waals surface area contributed by atoms with Gasteiger partial charge in [-0.15, -0.1) is 0 Å². The molecule has 0 unspecified atom stereocenters. The third-order valence-electron chi connectivity index (χ3n) is 3.73. The van der Waals surface area contributed by atoms with Crippen LogP contribution >= 0.6 is 0 Å². The Labute approximate surface area is 144 Å². The van der Waals surface area contributed by atoms with E-state index in [1.54, 1.807) is 0 Å². The molecule has 0 bridgehead atoms. The van der Waals surface area contributed by atoms with Gasteiger partial charge < -0.3 is 10.1 Å². The molecule has 0 heterocycles. The molecule has 130 valence electrons. The fourth-order valence-electron chi connectivity index (χ4n) is 2.36. The molecule has 0 spiro atoms. The second-order valence-corrected chi connectivity index (χ2v) is 5.48. The number of ether oxygens (including phenoxy) is 1. The number of hydrogen-bond donors (Lipinski definition) is 1. The zero-order valence-electron chi connectivity index (χ0n) is 13.9. The van der Waals surface area contributed by atoms with Gasteiger partial charge in [0.2, 0.25) is 0 Å². The molecule has 2 aromatic carbocycles. The number of carbonyl (C=O) groups is 2. The second kappa shape index (κ2) is 8.05. The Morgan fingerprint density at radius 2 is 1.84 bits per heavy atom. The standard InChI is InChI=1S/C18H18N2O5/c1-12-15(9-6-10-16(12)20(23)24)18(22)25-11-17(21)19-13(2)14-7-4-3-5-8-14/h3-10,13H,11H2,1-2H3,(H,19,21)/t13-/m1/s1. The minimum atomic E-state index is -0.774. The van der Waals surface area contributed by atoms with Crippen LogP contribution in [0.1, 0.15) is 34.5 Å². The third kappa shape index (κ3) is 4.63. The fraction of sp³-hybridized carbons (Fsp3) is 0.222. The van der Waals surface area contributed by atoms with Crippen LogP contribution in [0, 0.1) is 17.0 Å². The van der Waals surface area contributed by atoms with Crippen molar-refractivity contribution in [3.63, 3.8) is 0 Å². The number of nitro groups is 1. The predicted octanol–water partition coefficient (Wildman–Crippen LogP) is 2.94. The lowest BCUT2D eigenvalue weighted by Crippen LogP contribution is -2.31. The lowest BCUT2D eigenvalue weighted by molar-refractivity contribution is -0.385. The SMILES string of the molecule is Cc1c(C(=O)OCC(=O)N[C@H](C)c2ccccc2)cccc1[N+](=O)[O-]. The molecule has 7 heteroatoms. The van der Waals surface area contributed by atoms with Crippen molar-refractivity contribution < 1.29 is 19.2 Å². The summed E-state index contributed by atoms with van der Waals surface area (Å²) in [6.45, 7) is 2.82. The minimum Gasteiger partial charge on any atom is -0.452 e. The summed E-state index contributed by atoms with van der Waals surface area (Å²) in [5, 5.41) is 13.6. The van der Waals surface area contributed by atoms with Crippen molar-refractivity contribution in [3.8, 4) is 0 Å². The van der Waals surface area contributed by atoms with Gasteiger partial charge in [-0.25, -0.2) is 4.79 Å². The van der Waals surface area contributed by atoms with Crippen LogP contribution in [0.25, 0.3) is 0 Å². The molecule has 0 aliphatic rings. The summed E-state index contributed by atoms with van der Waals surface area (Å²) < 4.78 is 4.97. The first kappa shape index (κ1) is 18.1. The molecule has 2 aromatic rings. The second-order valence-electron chi connectivity index (χ2n) is 5.48. The summed E-state index contributed by atoms with van der Waals surface area (Å²) in [6, 6.07) is 13.3. The maximum Gasteiger partial charge on any atom is 0.339 e. The molecule has 25 heavy (non-hydrogen) atoms. The van der Waals surface area contributed by atoms with Crippen molar-refractivity contribution in [2.24, 2.45) is 0 Å². The number of nitrogens with zero attached hydrogens (tertiary/aromatic N) is 1. The summed E-state index contributed by atoms with van der Waals surface area (Å²) in [5.74, 6) is -1.23. The average Bonchev–Trinajstić information content (AvgIpc) is 2.60. The largest absolute Gasteiger partial charge is 0.452 e. The first-order valence-corrected chi connectivity index (χ1v) is 7.65. The Morgan fingerprint density at radius 3 is 2.48 bits per heavy atom. The number of nitro benzene ring substituents is 1. The van der Waals surface area contributed by atoms with Gasteiger partial charge in [-0.3, -0.25) is 14.9 Å². The minimum absolute atomic E-state index is 0.0677. The van der Waals surface area contributed by atoms with E-state index in [0.717, 1.165) is 5.56 Å². The zero-order chi connectivity index (χ0) is 18.4. The van der Waals surface area contributed by atoms with Gasteiger partial charge in [0.15, 0.2) is 6.61 Å². The predicted molar refractivity (Wildman–Crippen MR) is 91.1 cm³/mol. The highest BCUT2D eigenvalue weighted by atomic mass is 16.6. The molecular weight excluding hydrogens is 324 g/mol. The third-order valence-corrected chi connectivity index (χ3v) is 3.73. The number of esters is 1. The van der Waals surface area contributed by atoms with E-state index in [1.807, 2.05) is 37.3 Å².